The van der Waals surface area contributed by atoms with Gasteiger partial charge in [0, 0.05) is 31.4 Å². The highest BCUT2D eigenvalue weighted by Crippen LogP contribution is 2.44. The van der Waals surface area contributed by atoms with Crippen LogP contribution in [0.25, 0.3) is 0 Å². The van der Waals surface area contributed by atoms with Gasteiger partial charge in [-0.05, 0) is 47.3 Å². The molecule has 2 aliphatic rings. The minimum Gasteiger partial charge on any atom is -0.495 e. The number of amides is 2. The van der Waals surface area contributed by atoms with E-state index in [0.717, 1.165) is 16.6 Å². The molecule has 2 fully saturated rings. The number of hydrogen-bond acceptors (Lipinski definition) is 3. The minimum absolute atomic E-state index is 0.104. The van der Waals surface area contributed by atoms with Gasteiger partial charge in [0.15, 0.2) is 0 Å². The molecule has 1 aromatic carbocycles. The van der Waals surface area contributed by atoms with E-state index in [2.05, 4.69) is 15.9 Å². The van der Waals surface area contributed by atoms with Crippen molar-refractivity contribution in [3.63, 3.8) is 0 Å². The number of methoxy groups -OCH3 is 1. The molecule has 0 unspecified atom stereocenters. The van der Waals surface area contributed by atoms with E-state index in [1.807, 2.05) is 18.2 Å². The summed E-state index contributed by atoms with van der Waals surface area (Å²) in [5.41, 5.74) is 0.416. The molecule has 0 saturated carbocycles. The number of likely N-dealkylation sites (tertiary alicyclic amines) is 1. The number of benzene rings is 1. The molecule has 2 heterocycles. The Morgan fingerprint density at radius 3 is 2.52 bits per heavy atom. The Balaban J connectivity index is 1.78. The summed E-state index contributed by atoms with van der Waals surface area (Å²) in [5.74, 6) is 0.795. The van der Waals surface area contributed by atoms with E-state index >= 15 is 0 Å². The quantitative estimate of drug-likeness (QED) is 0.853. The number of rotatable bonds is 2. The molecule has 6 nitrogen and oxygen atoms in total. The maximum atomic E-state index is 13.0. The van der Waals surface area contributed by atoms with Crippen molar-refractivity contribution in [2.24, 2.45) is 5.41 Å². The molecule has 3 rings (SSSR count). The number of anilines is 1. The monoisotopic (exact) mass is 382 g/mol. The largest absolute Gasteiger partial charge is 0.495 e. The van der Waals surface area contributed by atoms with E-state index in [1.165, 1.54) is 4.90 Å². The van der Waals surface area contributed by atoms with Gasteiger partial charge in [-0.2, -0.15) is 0 Å². The number of carboxylic acid groups (broad SMARTS) is 1. The van der Waals surface area contributed by atoms with Crippen LogP contribution in [0.1, 0.15) is 19.3 Å². The zero-order valence-corrected chi connectivity index (χ0v) is 14.5. The molecule has 0 atom stereocenters. The summed E-state index contributed by atoms with van der Waals surface area (Å²) in [6, 6.07) is 5.63. The predicted molar refractivity (Wildman–Crippen MR) is 88.9 cm³/mol. The molecule has 23 heavy (non-hydrogen) atoms. The van der Waals surface area contributed by atoms with Crippen LogP contribution in [0, 0.1) is 5.41 Å². The number of piperidine rings is 1. The summed E-state index contributed by atoms with van der Waals surface area (Å²) in [5, 5.41) is 9.06. The Kier molecular flexibility index (Phi) is 4.23. The predicted octanol–water partition coefficient (Wildman–Crippen LogP) is 2.95. The van der Waals surface area contributed by atoms with Crippen molar-refractivity contribution in [1.82, 2.24) is 4.90 Å². The Bertz CT molecular complexity index is 641. The summed E-state index contributed by atoms with van der Waals surface area (Å²) in [4.78, 5) is 27.2. The average molecular weight is 383 g/mol. The van der Waals surface area contributed by atoms with Gasteiger partial charge in [-0.3, -0.25) is 4.79 Å². The average Bonchev–Trinajstić information content (AvgIpc) is 2.85. The summed E-state index contributed by atoms with van der Waals surface area (Å²) in [7, 11) is 1.60. The molecule has 0 bridgehead atoms. The maximum Gasteiger partial charge on any atom is 0.407 e. The van der Waals surface area contributed by atoms with E-state index in [0.29, 0.717) is 38.2 Å². The van der Waals surface area contributed by atoms with Crippen LogP contribution in [-0.2, 0) is 4.79 Å². The second-order valence-electron chi connectivity index (χ2n) is 6.08. The fourth-order valence-corrected chi connectivity index (χ4v) is 3.88. The first-order valence-corrected chi connectivity index (χ1v) is 8.39. The molecule has 2 aliphatic heterocycles. The van der Waals surface area contributed by atoms with Crippen molar-refractivity contribution in [3.05, 3.63) is 22.7 Å². The van der Waals surface area contributed by atoms with E-state index in [4.69, 9.17) is 9.84 Å². The fourth-order valence-electron chi connectivity index (χ4n) is 3.47. The molecule has 2 saturated heterocycles. The summed E-state index contributed by atoms with van der Waals surface area (Å²) in [6.45, 7) is 1.52. The van der Waals surface area contributed by atoms with Crippen molar-refractivity contribution >= 4 is 33.6 Å². The number of hydrogen-bond donors (Lipinski definition) is 1. The van der Waals surface area contributed by atoms with E-state index in [1.54, 1.807) is 12.0 Å². The molecule has 7 heteroatoms. The Hall–Kier alpha value is -1.76. The van der Waals surface area contributed by atoms with Crippen molar-refractivity contribution in [1.29, 1.82) is 0 Å². The molecular formula is C16H19BrN2O4. The molecule has 2 amide bonds. The zero-order valence-electron chi connectivity index (χ0n) is 12.9. The van der Waals surface area contributed by atoms with Gasteiger partial charge in [0.05, 0.1) is 17.0 Å². The van der Waals surface area contributed by atoms with E-state index < -0.39 is 11.5 Å². The third-order valence-electron chi connectivity index (χ3n) is 4.95. The second-order valence-corrected chi connectivity index (χ2v) is 6.93. The molecule has 0 aliphatic carbocycles. The van der Waals surface area contributed by atoms with Crippen molar-refractivity contribution in [2.75, 3.05) is 31.6 Å². The third kappa shape index (κ3) is 2.78. The van der Waals surface area contributed by atoms with Crippen LogP contribution in [0.5, 0.6) is 5.75 Å². The number of halogens is 1. The Morgan fingerprint density at radius 2 is 1.91 bits per heavy atom. The van der Waals surface area contributed by atoms with Gasteiger partial charge in [0.1, 0.15) is 5.75 Å². The van der Waals surface area contributed by atoms with Gasteiger partial charge in [0.25, 0.3) is 0 Å². The van der Waals surface area contributed by atoms with Crippen LogP contribution >= 0.6 is 15.9 Å². The van der Waals surface area contributed by atoms with Crippen LogP contribution in [0.15, 0.2) is 22.7 Å². The summed E-state index contributed by atoms with van der Waals surface area (Å²) >= 11 is 3.41. The molecule has 1 spiro atoms. The highest BCUT2D eigenvalue weighted by atomic mass is 79.9. The SMILES string of the molecule is COc1cc(N2CCC3(CCN(C(=O)O)CC3)C2=O)ccc1Br. The lowest BCUT2D eigenvalue weighted by Crippen LogP contribution is -2.46. The number of carbonyl (C=O) groups is 2. The first-order valence-electron chi connectivity index (χ1n) is 7.60. The standard InChI is InChI=1S/C16H19BrN2O4/c1-23-13-10-11(2-3-12(13)17)19-9-6-16(14(19)20)4-7-18(8-5-16)15(21)22/h2-3,10H,4-9H2,1H3,(H,21,22). The van der Waals surface area contributed by atoms with E-state index in [9.17, 15) is 9.59 Å². The minimum atomic E-state index is -0.903. The topological polar surface area (TPSA) is 70.1 Å². The number of ether oxygens (including phenoxy) is 1. The van der Waals surface area contributed by atoms with Crippen LogP contribution < -0.4 is 9.64 Å². The second kappa shape index (κ2) is 6.03. The number of nitrogens with zero attached hydrogens (tertiary/aromatic N) is 2. The number of carbonyl (C=O) groups excluding carboxylic acids is 1. The van der Waals surface area contributed by atoms with Gasteiger partial charge < -0.3 is 19.6 Å². The Morgan fingerprint density at radius 1 is 1.26 bits per heavy atom. The third-order valence-corrected chi connectivity index (χ3v) is 5.61. The van der Waals surface area contributed by atoms with Crippen LogP contribution in [0.3, 0.4) is 0 Å². The van der Waals surface area contributed by atoms with Gasteiger partial charge in [-0.25, -0.2) is 4.79 Å². The normalized spacial score (nSPS) is 20.2. The van der Waals surface area contributed by atoms with Gasteiger partial charge in [-0.15, -0.1) is 0 Å². The zero-order chi connectivity index (χ0) is 16.6. The molecule has 1 aromatic rings. The van der Waals surface area contributed by atoms with Crippen LogP contribution in [0.2, 0.25) is 0 Å². The van der Waals surface area contributed by atoms with Gasteiger partial charge in [0.2, 0.25) is 5.91 Å². The highest BCUT2D eigenvalue weighted by Gasteiger charge is 2.49. The smallest absolute Gasteiger partial charge is 0.407 e. The Labute approximate surface area is 143 Å². The van der Waals surface area contributed by atoms with Crippen LogP contribution in [0.4, 0.5) is 10.5 Å². The van der Waals surface area contributed by atoms with E-state index in [-0.39, 0.29) is 5.91 Å². The lowest BCUT2D eigenvalue weighted by atomic mass is 9.77. The van der Waals surface area contributed by atoms with Crippen molar-refractivity contribution in [3.8, 4) is 5.75 Å². The lowest BCUT2D eigenvalue weighted by molar-refractivity contribution is -0.127. The maximum absolute atomic E-state index is 13.0. The summed E-state index contributed by atoms with van der Waals surface area (Å²) in [6.07, 6.45) is 1.07. The van der Waals surface area contributed by atoms with Crippen molar-refractivity contribution < 1.29 is 19.4 Å². The first-order chi connectivity index (χ1) is 11.0. The lowest BCUT2D eigenvalue weighted by Gasteiger charge is -2.36. The van der Waals surface area contributed by atoms with Gasteiger partial charge >= 0.3 is 6.09 Å². The highest BCUT2D eigenvalue weighted by molar-refractivity contribution is 9.10. The first kappa shape index (κ1) is 16.1. The van der Waals surface area contributed by atoms with Crippen molar-refractivity contribution in [2.45, 2.75) is 19.3 Å². The molecular weight excluding hydrogens is 364 g/mol. The molecule has 0 radical (unpaired) electrons. The molecule has 0 aromatic heterocycles. The van der Waals surface area contributed by atoms with Crippen LogP contribution in [-0.4, -0.2) is 48.8 Å². The fraction of sp³-hybridized carbons (Fsp3) is 0.500. The van der Waals surface area contributed by atoms with Gasteiger partial charge in [-0.1, -0.05) is 0 Å². The summed E-state index contributed by atoms with van der Waals surface area (Å²) < 4.78 is 6.15. The molecule has 1 N–H and O–H groups in total. The molecule has 124 valence electrons.